The van der Waals surface area contributed by atoms with Crippen LogP contribution in [0.3, 0.4) is 0 Å². The quantitative estimate of drug-likeness (QED) is 0.542. The number of aromatic nitrogens is 1. The minimum atomic E-state index is -0.409. The molecule has 1 N–H and O–H groups in total. The Bertz CT molecular complexity index is 438. The fraction of sp³-hybridized carbons (Fsp3) is 0. The number of hydrogen-bond donors (Lipinski definition) is 1. The van der Waals surface area contributed by atoms with E-state index in [2.05, 4.69) is 36.8 Å². The molecule has 0 aliphatic heterocycles. The minimum absolute atomic E-state index is 0.0963. The lowest BCUT2D eigenvalue weighted by molar-refractivity contribution is 0.639. The second kappa shape index (κ2) is 3.26. The van der Waals surface area contributed by atoms with Gasteiger partial charge in [0.1, 0.15) is 0 Å². The molecule has 0 saturated heterocycles. The Balaban J connectivity index is 3.02. The Morgan fingerprint density at radius 3 is 2.69 bits per heavy atom. The molecule has 0 radical (unpaired) electrons. The van der Waals surface area contributed by atoms with E-state index in [1.165, 1.54) is 0 Å². The Kier molecular flexibility index (Phi) is 2.38. The molecular weight excluding hydrogens is 324 g/mol. The number of halogens is 4. The van der Waals surface area contributed by atoms with E-state index in [1.54, 1.807) is 12.3 Å². The average Bonchev–Trinajstić information content (AvgIpc) is 2.59. The molecule has 13 heavy (non-hydrogen) atoms. The van der Waals surface area contributed by atoms with Crippen molar-refractivity contribution >= 4 is 54.4 Å². The molecule has 0 unspecified atom stereocenters. The first kappa shape index (κ1) is 9.49. The van der Waals surface area contributed by atoms with Gasteiger partial charge in [-0.25, -0.2) is 4.39 Å². The van der Waals surface area contributed by atoms with Gasteiger partial charge in [0.15, 0.2) is 5.82 Å². The van der Waals surface area contributed by atoms with Crippen LogP contribution in [-0.4, -0.2) is 4.98 Å². The van der Waals surface area contributed by atoms with E-state index in [9.17, 15) is 4.39 Å². The lowest BCUT2D eigenvalue weighted by atomic mass is 10.2. The smallest absolute Gasteiger partial charge is 0.152 e. The maximum Gasteiger partial charge on any atom is 0.152 e. The fourth-order valence-corrected chi connectivity index (χ4v) is 2.36. The molecular formula is C8H3Br2ClFN. The number of benzene rings is 1. The van der Waals surface area contributed by atoms with Gasteiger partial charge in [-0.05, 0) is 37.9 Å². The van der Waals surface area contributed by atoms with Gasteiger partial charge >= 0.3 is 0 Å². The average molecular weight is 327 g/mol. The van der Waals surface area contributed by atoms with Crippen LogP contribution in [0.25, 0.3) is 10.9 Å². The predicted octanol–water partition coefficient (Wildman–Crippen LogP) is 4.49. The molecule has 0 atom stereocenters. The van der Waals surface area contributed by atoms with Gasteiger partial charge in [0.25, 0.3) is 0 Å². The van der Waals surface area contributed by atoms with Crippen LogP contribution in [0.5, 0.6) is 0 Å². The molecule has 0 fully saturated rings. The lowest BCUT2D eigenvalue weighted by Gasteiger charge is -2.03. The zero-order chi connectivity index (χ0) is 9.59. The Morgan fingerprint density at radius 2 is 2.00 bits per heavy atom. The van der Waals surface area contributed by atoms with Crippen LogP contribution in [0.1, 0.15) is 0 Å². The Labute approximate surface area is 95.5 Å². The first-order chi connectivity index (χ1) is 6.13. The molecule has 2 aromatic rings. The highest BCUT2D eigenvalue weighted by Crippen LogP contribution is 2.38. The minimum Gasteiger partial charge on any atom is -0.360 e. The summed E-state index contributed by atoms with van der Waals surface area (Å²) in [5.41, 5.74) is 0.703. The largest absolute Gasteiger partial charge is 0.360 e. The Hall–Kier alpha value is -0.0600. The summed E-state index contributed by atoms with van der Waals surface area (Å²) >= 11 is 12.3. The number of H-pyrrole nitrogens is 1. The second-order valence-corrected chi connectivity index (χ2v) is 4.49. The fourth-order valence-electron chi connectivity index (χ4n) is 1.15. The van der Waals surface area contributed by atoms with Gasteiger partial charge in [0, 0.05) is 11.6 Å². The highest BCUT2D eigenvalue weighted by atomic mass is 79.9. The number of hydrogen-bond acceptors (Lipinski definition) is 0. The van der Waals surface area contributed by atoms with Crippen LogP contribution in [0, 0.1) is 5.82 Å². The highest BCUT2D eigenvalue weighted by Gasteiger charge is 2.15. The summed E-state index contributed by atoms with van der Waals surface area (Å²) in [4.78, 5) is 2.92. The van der Waals surface area contributed by atoms with Crippen molar-refractivity contribution in [3.05, 3.63) is 32.0 Å². The van der Waals surface area contributed by atoms with E-state index in [4.69, 9.17) is 11.6 Å². The zero-order valence-electron chi connectivity index (χ0n) is 6.17. The summed E-state index contributed by atoms with van der Waals surface area (Å²) in [6.45, 7) is 0. The SMILES string of the molecule is Fc1c(Cl)c(Br)c(Br)c2[nH]ccc12. The summed E-state index contributed by atoms with van der Waals surface area (Å²) in [5, 5.41) is 0.582. The predicted molar refractivity (Wildman–Crippen MR) is 58.7 cm³/mol. The van der Waals surface area contributed by atoms with Crippen molar-refractivity contribution in [3.8, 4) is 0 Å². The standard InChI is InChI=1S/C8H3Br2ClFN/c9-4-5(10)8-3(1-2-13-8)7(12)6(4)11/h1-2,13H. The Morgan fingerprint density at radius 1 is 1.31 bits per heavy atom. The summed E-state index contributed by atoms with van der Waals surface area (Å²) in [5.74, 6) is -0.409. The van der Waals surface area contributed by atoms with Crippen LogP contribution >= 0.6 is 43.5 Å². The maximum atomic E-state index is 13.5. The van der Waals surface area contributed by atoms with Gasteiger partial charge in [-0.2, -0.15) is 0 Å². The van der Waals surface area contributed by atoms with Gasteiger partial charge < -0.3 is 4.98 Å². The zero-order valence-corrected chi connectivity index (χ0v) is 10.1. The van der Waals surface area contributed by atoms with Crippen molar-refractivity contribution in [1.82, 2.24) is 4.98 Å². The number of rotatable bonds is 0. The number of nitrogens with one attached hydrogen (secondary N) is 1. The van der Waals surface area contributed by atoms with Crippen LogP contribution in [-0.2, 0) is 0 Å². The topological polar surface area (TPSA) is 15.8 Å². The first-order valence-electron chi connectivity index (χ1n) is 3.42. The lowest BCUT2D eigenvalue weighted by Crippen LogP contribution is -1.83. The maximum absolute atomic E-state index is 13.5. The molecule has 1 heterocycles. The third kappa shape index (κ3) is 1.32. The van der Waals surface area contributed by atoms with Gasteiger partial charge in [-0.15, -0.1) is 0 Å². The molecule has 1 aromatic heterocycles. The highest BCUT2D eigenvalue weighted by molar-refractivity contribution is 9.13. The van der Waals surface area contributed by atoms with E-state index in [1.807, 2.05) is 0 Å². The molecule has 2 rings (SSSR count). The molecule has 0 saturated carbocycles. The molecule has 0 bridgehead atoms. The van der Waals surface area contributed by atoms with Gasteiger partial charge in [0.05, 0.1) is 19.5 Å². The van der Waals surface area contributed by atoms with Crippen LogP contribution < -0.4 is 0 Å². The third-order valence-electron chi connectivity index (χ3n) is 1.78. The second-order valence-electron chi connectivity index (χ2n) is 2.52. The van der Waals surface area contributed by atoms with Crippen molar-refractivity contribution in [3.63, 3.8) is 0 Å². The summed E-state index contributed by atoms with van der Waals surface area (Å²) in [7, 11) is 0. The van der Waals surface area contributed by atoms with Crippen molar-refractivity contribution in [1.29, 1.82) is 0 Å². The first-order valence-corrected chi connectivity index (χ1v) is 5.38. The molecule has 0 aliphatic rings. The van der Waals surface area contributed by atoms with E-state index in [0.29, 0.717) is 15.4 Å². The van der Waals surface area contributed by atoms with Gasteiger partial charge in [0.2, 0.25) is 0 Å². The van der Waals surface area contributed by atoms with Gasteiger partial charge in [-0.3, -0.25) is 0 Å². The molecule has 5 heteroatoms. The number of aromatic amines is 1. The molecule has 0 aliphatic carbocycles. The van der Waals surface area contributed by atoms with Crippen molar-refractivity contribution in [2.45, 2.75) is 0 Å². The molecule has 1 nitrogen and oxygen atoms in total. The van der Waals surface area contributed by atoms with E-state index < -0.39 is 5.82 Å². The van der Waals surface area contributed by atoms with E-state index in [0.717, 1.165) is 4.47 Å². The van der Waals surface area contributed by atoms with E-state index >= 15 is 0 Å². The van der Waals surface area contributed by atoms with Crippen LogP contribution in [0.4, 0.5) is 4.39 Å². The van der Waals surface area contributed by atoms with Crippen molar-refractivity contribution < 1.29 is 4.39 Å². The summed E-state index contributed by atoms with van der Waals surface area (Å²) in [6.07, 6.45) is 1.67. The van der Waals surface area contributed by atoms with Crippen LogP contribution in [0.2, 0.25) is 5.02 Å². The summed E-state index contributed by atoms with van der Waals surface area (Å²) in [6, 6.07) is 1.65. The third-order valence-corrected chi connectivity index (χ3v) is 4.48. The molecule has 68 valence electrons. The van der Waals surface area contributed by atoms with Crippen LogP contribution in [0.15, 0.2) is 21.2 Å². The van der Waals surface area contributed by atoms with Crippen molar-refractivity contribution in [2.24, 2.45) is 0 Å². The normalized spacial score (nSPS) is 11.1. The number of fused-ring (bicyclic) bond motifs is 1. The molecule has 0 spiro atoms. The molecule has 1 aromatic carbocycles. The summed E-state index contributed by atoms with van der Waals surface area (Å²) < 4.78 is 14.7. The molecule has 0 amide bonds. The monoisotopic (exact) mass is 325 g/mol. The van der Waals surface area contributed by atoms with Gasteiger partial charge in [-0.1, -0.05) is 11.6 Å². The van der Waals surface area contributed by atoms with Crippen molar-refractivity contribution in [2.75, 3.05) is 0 Å². The van der Waals surface area contributed by atoms with E-state index in [-0.39, 0.29) is 5.02 Å².